The van der Waals surface area contributed by atoms with Crippen molar-refractivity contribution in [2.24, 2.45) is 0 Å². The van der Waals surface area contributed by atoms with Gasteiger partial charge in [-0.3, -0.25) is 0 Å². The zero-order valence-electron chi connectivity index (χ0n) is 6.72. The normalized spacial score (nSPS) is 11.8. The molecule has 0 fully saturated rings. The van der Waals surface area contributed by atoms with E-state index in [0.717, 1.165) is 12.8 Å². The Morgan fingerprint density at radius 3 is 2.50 bits per heavy atom. The van der Waals surface area contributed by atoms with Gasteiger partial charge in [-0.15, -0.1) is 6.58 Å². The van der Waals surface area contributed by atoms with Crippen LogP contribution in [0.1, 0.15) is 21.2 Å². The number of aliphatic hydroxyl groups is 1. The van der Waals surface area contributed by atoms with Crippen LogP contribution < -0.4 is 29.6 Å². The van der Waals surface area contributed by atoms with Crippen LogP contribution in [0.25, 0.3) is 0 Å². The van der Waals surface area contributed by atoms with Crippen molar-refractivity contribution in [1.29, 1.82) is 0 Å². The van der Waals surface area contributed by atoms with Gasteiger partial charge in [0.1, 0.15) is 0 Å². The van der Waals surface area contributed by atoms with Crippen molar-refractivity contribution < 1.29 is 36.1 Å². The molecule has 0 rings (SSSR count). The monoisotopic (exact) mass is 124 g/mol. The van der Waals surface area contributed by atoms with Crippen molar-refractivity contribution in [1.82, 2.24) is 0 Å². The van der Waals surface area contributed by atoms with E-state index in [1.165, 1.54) is 0 Å². The molecule has 0 aromatic carbocycles. The molecule has 0 aliphatic heterocycles. The van der Waals surface area contributed by atoms with Crippen LogP contribution in [0.5, 0.6) is 0 Å². The minimum atomic E-state index is -0.169. The first-order valence-electron chi connectivity index (χ1n) is 2.60. The quantitative estimate of drug-likeness (QED) is 0.357. The predicted octanol–water partition coefficient (Wildman–Crippen LogP) is -1.55. The van der Waals surface area contributed by atoms with Crippen molar-refractivity contribution >= 4 is 0 Å². The summed E-state index contributed by atoms with van der Waals surface area (Å²) >= 11 is 0. The summed E-state index contributed by atoms with van der Waals surface area (Å²) < 4.78 is 0. The predicted molar refractivity (Wildman–Crippen MR) is 32.2 cm³/mol. The molecule has 8 heavy (non-hydrogen) atoms. The molecular formula is C6H13NaO. The van der Waals surface area contributed by atoms with E-state index in [9.17, 15) is 0 Å². The van der Waals surface area contributed by atoms with Gasteiger partial charge >= 0.3 is 29.6 Å². The van der Waals surface area contributed by atoms with Crippen LogP contribution in [0.4, 0.5) is 0 Å². The van der Waals surface area contributed by atoms with Crippen LogP contribution in [0, 0.1) is 0 Å². The van der Waals surface area contributed by atoms with Crippen LogP contribution in [0.3, 0.4) is 0 Å². The second kappa shape index (κ2) is 7.70. The fraction of sp³-hybridized carbons (Fsp3) is 0.667. The first-order valence-corrected chi connectivity index (χ1v) is 2.60. The largest absolute Gasteiger partial charge is 1.00 e. The molecule has 2 heteroatoms. The molecule has 1 unspecified atom stereocenters. The molecule has 0 amide bonds. The molecule has 1 nitrogen and oxygen atoms in total. The van der Waals surface area contributed by atoms with Gasteiger partial charge in [-0.2, -0.15) is 0 Å². The van der Waals surface area contributed by atoms with Crippen LogP contribution in [-0.2, 0) is 0 Å². The molecule has 0 radical (unpaired) electrons. The van der Waals surface area contributed by atoms with Crippen LogP contribution in [-0.4, -0.2) is 11.2 Å². The SMILES string of the molecule is C=CCC(O)CC.[H-].[Na+]. The maximum absolute atomic E-state index is 8.79. The van der Waals surface area contributed by atoms with E-state index in [2.05, 4.69) is 6.58 Å². The molecule has 0 aromatic heterocycles. The topological polar surface area (TPSA) is 20.2 Å². The summed E-state index contributed by atoms with van der Waals surface area (Å²) in [4.78, 5) is 0. The molecule has 0 saturated carbocycles. The summed E-state index contributed by atoms with van der Waals surface area (Å²) in [7, 11) is 0. The third-order valence-corrected chi connectivity index (χ3v) is 0.910. The van der Waals surface area contributed by atoms with Crippen molar-refractivity contribution in [2.45, 2.75) is 25.9 Å². The molecular weight excluding hydrogens is 111 g/mol. The smallest absolute Gasteiger partial charge is 1.00 e. The van der Waals surface area contributed by atoms with E-state index in [4.69, 9.17) is 5.11 Å². The Bertz CT molecular complexity index is 59.0. The van der Waals surface area contributed by atoms with Gasteiger partial charge in [0.25, 0.3) is 0 Å². The zero-order valence-corrected chi connectivity index (χ0v) is 7.72. The third-order valence-electron chi connectivity index (χ3n) is 0.910. The van der Waals surface area contributed by atoms with Crippen molar-refractivity contribution in [3.8, 4) is 0 Å². The van der Waals surface area contributed by atoms with E-state index in [-0.39, 0.29) is 37.1 Å². The molecule has 0 aliphatic carbocycles. The Hall–Kier alpha value is 0.700. The summed E-state index contributed by atoms with van der Waals surface area (Å²) in [5.41, 5.74) is 0. The Balaban J connectivity index is -0.000000180. The van der Waals surface area contributed by atoms with Gasteiger partial charge < -0.3 is 6.53 Å². The minimum absolute atomic E-state index is 0. The Morgan fingerprint density at radius 1 is 1.88 bits per heavy atom. The van der Waals surface area contributed by atoms with Gasteiger partial charge in [0.15, 0.2) is 0 Å². The molecule has 0 saturated heterocycles. The fourth-order valence-electron chi connectivity index (χ4n) is 0.359. The maximum atomic E-state index is 8.79. The molecule has 0 aromatic rings. The molecule has 1 atom stereocenters. The molecule has 0 spiro atoms. The average molecular weight is 124 g/mol. The molecule has 0 bridgehead atoms. The molecule has 1 N–H and O–H groups in total. The number of hydrogen-bond acceptors (Lipinski definition) is 1. The third kappa shape index (κ3) is 6.70. The van der Waals surface area contributed by atoms with Crippen LogP contribution in [0.2, 0.25) is 0 Å². The molecule has 44 valence electrons. The summed E-state index contributed by atoms with van der Waals surface area (Å²) in [5.74, 6) is 0. The number of aliphatic hydroxyl groups excluding tert-OH is 1. The van der Waals surface area contributed by atoms with Crippen LogP contribution >= 0.6 is 0 Å². The van der Waals surface area contributed by atoms with Gasteiger partial charge in [-0.25, -0.2) is 0 Å². The van der Waals surface area contributed by atoms with E-state index < -0.39 is 0 Å². The maximum Gasteiger partial charge on any atom is 1.00 e. The van der Waals surface area contributed by atoms with Gasteiger partial charge in [-0.1, -0.05) is 13.0 Å². The van der Waals surface area contributed by atoms with Crippen molar-refractivity contribution in [3.63, 3.8) is 0 Å². The average Bonchev–Trinajstić information content (AvgIpc) is 1.68. The fourth-order valence-corrected chi connectivity index (χ4v) is 0.359. The van der Waals surface area contributed by atoms with E-state index in [1.807, 2.05) is 6.92 Å². The second-order valence-corrected chi connectivity index (χ2v) is 1.59. The summed E-state index contributed by atoms with van der Waals surface area (Å²) in [6.45, 7) is 5.44. The van der Waals surface area contributed by atoms with Gasteiger partial charge in [0.2, 0.25) is 0 Å². The van der Waals surface area contributed by atoms with Gasteiger partial charge in [-0.05, 0) is 12.8 Å². The van der Waals surface area contributed by atoms with E-state index in [0.29, 0.717) is 0 Å². The second-order valence-electron chi connectivity index (χ2n) is 1.59. The number of hydrogen-bond donors (Lipinski definition) is 1. The zero-order chi connectivity index (χ0) is 5.70. The summed E-state index contributed by atoms with van der Waals surface area (Å²) in [6, 6.07) is 0. The Morgan fingerprint density at radius 2 is 2.38 bits per heavy atom. The van der Waals surface area contributed by atoms with E-state index >= 15 is 0 Å². The number of rotatable bonds is 3. The standard InChI is InChI=1S/C6H12O.Na.H/c1-3-5-6(7)4-2;;/h3,6-7H,1,4-5H2,2H3;;/q;+1;-1. The Labute approximate surface area is 74.6 Å². The first-order chi connectivity index (χ1) is 3.31. The van der Waals surface area contributed by atoms with Crippen molar-refractivity contribution in [3.05, 3.63) is 12.7 Å². The minimum Gasteiger partial charge on any atom is -1.00 e. The van der Waals surface area contributed by atoms with Gasteiger partial charge in [0.05, 0.1) is 6.10 Å². The summed E-state index contributed by atoms with van der Waals surface area (Å²) in [5, 5.41) is 8.79. The summed E-state index contributed by atoms with van der Waals surface area (Å²) in [6.07, 6.45) is 3.11. The van der Waals surface area contributed by atoms with Gasteiger partial charge in [0, 0.05) is 0 Å². The Kier molecular flexibility index (Phi) is 11.1. The van der Waals surface area contributed by atoms with Crippen molar-refractivity contribution in [2.75, 3.05) is 0 Å². The first kappa shape index (κ1) is 11.5. The molecule has 0 aliphatic rings. The molecule has 0 heterocycles. The van der Waals surface area contributed by atoms with Crippen LogP contribution in [0.15, 0.2) is 12.7 Å². The van der Waals surface area contributed by atoms with E-state index in [1.54, 1.807) is 6.08 Å².